The van der Waals surface area contributed by atoms with E-state index in [9.17, 15) is 19.2 Å². The predicted molar refractivity (Wildman–Crippen MR) is 118 cm³/mol. The summed E-state index contributed by atoms with van der Waals surface area (Å²) in [5.41, 5.74) is 5.43. The van der Waals surface area contributed by atoms with Gasteiger partial charge in [0.15, 0.2) is 11.5 Å². The monoisotopic (exact) mass is 482 g/mol. The summed E-state index contributed by atoms with van der Waals surface area (Å²) in [6, 6.07) is 9.36. The number of rotatable bonds is 4. The second-order valence-electron chi connectivity index (χ2n) is 8.80. The average molecular weight is 483 g/mol. The molecule has 11 heteroatoms. The number of likely N-dealkylation sites (tertiary alicyclic amines) is 1. The second-order valence-corrected chi connectivity index (χ2v) is 9.21. The zero-order valence-electron chi connectivity index (χ0n) is 17.7. The highest BCUT2D eigenvalue weighted by Gasteiger charge is 2.70. The van der Waals surface area contributed by atoms with Crippen LogP contribution in [-0.2, 0) is 31.3 Å². The number of nitrogens with zero attached hydrogens (tertiary/aromatic N) is 1. The highest BCUT2D eigenvalue weighted by atomic mass is 35.5. The molecule has 0 radical (unpaired) electrons. The number of carbonyl (C=O) groups is 4. The molecule has 0 aliphatic carbocycles. The van der Waals surface area contributed by atoms with Crippen molar-refractivity contribution in [2.75, 3.05) is 12.1 Å². The van der Waals surface area contributed by atoms with Crippen LogP contribution in [0.2, 0.25) is 5.02 Å². The third kappa shape index (κ3) is 2.72. The molecule has 4 aliphatic heterocycles. The van der Waals surface area contributed by atoms with Crippen LogP contribution in [0.15, 0.2) is 36.4 Å². The highest BCUT2D eigenvalue weighted by molar-refractivity contribution is 6.35. The quantitative estimate of drug-likeness (QED) is 0.549. The number of fused-ring (bicyclic) bond motifs is 5. The van der Waals surface area contributed by atoms with Crippen LogP contribution in [0.4, 0.5) is 5.69 Å². The summed E-state index contributed by atoms with van der Waals surface area (Å²) in [5.74, 6) is -3.00. The Morgan fingerprint density at radius 2 is 1.94 bits per heavy atom. The van der Waals surface area contributed by atoms with Crippen molar-refractivity contribution in [1.29, 1.82) is 0 Å². The maximum Gasteiger partial charge on any atom is 0.250 e. The van der Waals surface area contributed by atoms with E-state index < -0.39 is 47.0 Å². The van der Waals surface area contributed by atoms with Gasteiger partial charge < -0.3 is 20.5 Å². The lowest BCUT2D eigenvalue weighted by Crippen LogP contribution is -2.53. The first-order chi connectivity index (χ1) is 16.3. The fourth-order valence-corrected chi connectivity index (χ4v) is 5.84. The summed E-state index contributed by atoms with van der Waals surface area (Å²) in [6.45, 7) is 0.0925. The number of hydrogen-bond acceptors (Lipinski definition) is 7. The molecule has 2 aromatic rings. The van der Waals surface area contributed by atoms with Crippen LogP contribution in [0.3, 0.4) is 0 Å². The summed E-state index contributed by atoms with van der Waals surface area (Å²) < 4.78 is 10.7. The molecule has 2 fully saturated rings. The number of benzene rings is 2. The summed E-state index contributed by atoms with van der Waals surface area (Å²) in [4.78, 5) is 53.6. The molecule has 2 aromatic carbocycles. The molecule has 4 N–H and O–H groups in total. The molecule has 34 heavy (non-hydrogen) atoms. The van der Waals surface area contributed by atoms with Gasteiger partial charge in [-0.2, -0.15) is 0 Å². The first kappa shape index (κ1) is 20.9. The lowest BCUT2D eigenvalue weighted by molar-refractivity contribution is -0.143. The minimum Gasteiger partial charge on any atom is -0.454 e. The Labute approximate surface area is 198 Å². The summed E-state index contributed by atoms with van der Waals surface area (Å²) in [6.07, 6.45) is -0.205. The first-order valence-electron chi connectivity index (χ1n) is 10.7. The van der Waals surface area contributed by atoms with Crippen LogP contribution in [0.5, 0.6) is 11.5 Å². The van der Waals surface area contributed by atoms with Crippen LogP contribution in [0.25, 0.3) is 0 Å². The third-order valence-corrected chi connectivity index (χ3v) is 7.30. The van der Waals surface area contributed by atoms with Gasteiger partial charge in [0, 0.05) is 18.0 Å². The smallest absolute Gasteiger partial charge is 0.250 e. The summed E-state index contributed by atoms with van der Waals surface area (Å²) in [7, 11) is 0. The van der Waals surface area contributed by atoms with E-state index in [1.54, 1.807) is 36.4 Å². The van der Waals surface area contributed by atoms with E-state index >= 15 is 0 Å². The van der Waals surface area contributed by atoms with Crippen molar-refractivity contribution >= 4 is 40.9 Å². The van der Waals surface area contributed by atoms with Crippen LogP contribution >= 0.6 is 11.6 Å². The van der Waals surface area contributed by atoms with E-state index in [0.29, 0.717) is 33.3 Å². The summed E-state index contributed by atoms with van der Waals surface area (Å²) in [5, 5.41) is 6.20. The maximum atomic E-state index is 13.7. The molecular formula is C23H19ClN4O6. The molecule has 4 heterocycles. The fourth-order valence-electron chi connectivity index (χ4n) is 5.62. The number of hydrogen-bond donors (Lipinski definition) is 3. The van der Waals surface area contributed by atoms with Crippen molar-refractivity contribution < 1.29 is 28.7 Å². The third-order valence-electron chi connectivity index (χ3n) is 6.99. The first-order valence-corrected chi connectivity index (χ1v) is 11.1. The zero-order chi connectivity index (χ0) is 23.8. The molecule has 4 atom stereocenters. The standard InChI is InChI=1S/C23H19ClN4O6/c24-12-3-1-2-11-19(12)26-22(32)23(11)18-17(13(27-23)7-16(25)29)20(30)28(21(18)31)8-10-4-5-14-15(6-10)34-9-33-14/h1-6,13,17-18,27H,7-9H2,(H2,25,29)(H,26,32)/t13-,17-,18+,23-/m1/s1. The van der Waals surface area contributed by atoms with Gasteiger partial charge in [-0.3, -0.25) is 29.4 Å². The van der Waals surface area contributed by atoms with Gasteiger partial charge in [0.1, 0.15) is 5.54 Å². The van der Waals surface area contributed by atoms with Gasteiger partial charge in [-0.25, -0.2) is 0 Å². The van der Waals surface area contributed by atoms with Gasteiger partial charge >= 0.3 is 0 Å². The zero-order valence-corrected chi connectivity index (χ0v) is 18.4. The van der Waals surface area contributed by atoms with Crippen molar-refractivity contribution in [3.8, 4) is 11.5 Å². The van der Waals surface area contributed by atoms with Crippen LogP contribution in [0, 0.1) is 11.8 Å². The van der Waals surface area contributed by atoms with Crippen molar-refractivity contribution in [3.63, 3.8) is 0 Å². The van der Waals surface area contributed by atoms with Gasteiger partial charge in [-0.05, 0) is 23.8 Å². The van der Waals surface area contributed by atoms with E-state index in [1.807, 2.05) is 0 Å². The molecule has 6 rings (SSSR count). The van der Waals surface area contributed by atoms with Gasteiger partial charge in [0.2, 0.25) is 30.4 Å². The number of para-hydroxylation sites is 1. The van der Waals surface area contributed by atoms with E-state index in [4.69, 9.17) is 26.8 Å². The van der Waals surface area contributed by atoms with Gasteiger partial charge in [0.25, 0.3) is 0 Å². The fraction of sp³-hybridized carbons (Fsp3) is 0.304. The molecule has 0 aromatic heterocycles. The van der Waals surface area contributed by atoms with Crippen molar-refractivity contribution in [2.24, 2.45) is 17.6 Å². The largest absolute Gasteiger partial charge is 0.454 e. The Bertz CT molecular complexity index is 1300. The van der Waals surface area contributed by atoms with E-state index in [2.05, 4.69) is 10.6 Å². The summed E-state index contributed by atoms with van der Waals surface area (Å²) >= 11 is 6.31. The lowest BCUT2D eigenvalue weighted by Gasteiger charge is -2.29. The van der Waals surface area contributed by atoms with Crippen LogP contribution in [0.1, 0.15) is 17.5 Å². The molecule has 1 spiro atoms. The Hall–Kier alpha value is -3.63. The molecule has 0 unspecified atom stereocenters. The number of anilines is 1. The molecule has 10 nitrogen and oxygen atoms in total. The van der Waals surface area contributed by atoms with E-state index in [-0.39, 0.29) is 19.8 Å². The molecule has 2 saturated heterocycles. The van der Waals surface area contributed by atoms with Crippen LogP contribution < -0.4 is 25.8 Å². The number of imide groups is 1. The Kier molecular flexibility index (Phi) is 4.42. The minimum atomic E-state index is -1.54. The Morgan fingerprint density at radius 3 is 2.74 bits per heavy atom. The van der Waals surface area contributed by atoms with E-state index in [0.717, 1.165) is 4.90 Å². The number of amides is 4. The lowest BCUT2D eigenvalue weighted by atomic mass is 9.76. The van der Waals surface area contributed by atoms with Gasteiger partial charge in [-0.1, -0.05) is 29.8 Å². The number of primary amides is 1. The van der Waals surface area contributed by atoms with Crippen molar-refractivity contribution in [2.45, 2.75) is 24.5 Å². The van der Waals surface area contributed by atoms with Gasteiger partial charge in [-0.15, -0.1) is 0 Å². The number of nitrogens with two attached hydrogens (primary N) is 1. The Balaban J connectivity index is 1.42. The highest BCUT2D eigenvalue weighted by Crippen LogP contribution is 2.54. The molecule has 174 valence electrons. The number of halogens is 1. The average Bonchev–Trinajstić information content (AvgIpc) is 3.51. The van der Waals surface area contributed by atoms with Crippen molar-refractivity contribution in [3.05, 3.63) is 52.5 Å². The topological polar surface area (TPSA) is 140 Å². The SMILES string of the molecule is NC(=O)C[C@H]1N[C@@]2(C(=O)Nc3c(Cl)cccc32)[C@@H]2C(=O)N(Cc3ccc4c(c3)OCO4)C(=O)[C@@H]21. The Morgan fingerprint density at radius 1 is 1.15 bits per heavy atom. The minimum absolute atomic E-state index is 0.00923. The molecular weight excluding hydrogens is 464 g/mol. The number of ether oxygens (including phenoxy) is 2. The van der Waals surface area contributed by atoms with E-state index in [1.165, 1.54) is 0 Å². The molecule has 0 saturated carbocycles. The molecule has 4 amide bonds. The normalized spacial score (nSPS) is 28.4. The van der Waals surface area contributed by atoms with Crippen LogP contribution in [-0.4, -0.2) is 41.4 Å². The number of carbonyl (C=O) groups excluding carboxylic acids is 4. The van der Waals surface area contributed by atoms with Gasteiger partial charge in [0.05, 0.1) is 29.1 Å². The maximum absolute atomic E-state index is 13.7. The second kappa shape index (κ2) is 7.18. The molecule has 4 aliphatic rings. The predicted octanol–water partition coefficient (Wildman–Crippen LogP) is 0.865. The van der Waals surface area contributed by atoms with Crippen molar-refractivity contribution in [1.82, 2.24) is 10.2 Å². The number of nitrogens with one attached hydrogen (secondary N) is 2. The molecule has 0 bridgehead atoms.